The smallest absolute Gasteiger partial charge is 0.318 e. The summed E-state index contributed by atoms with van der Waals surface area (Å²) in [5.74, 6) is 0.269. The van der Waals surface area contributed by atoms with Crippen molar-refractivity contribution in [2.24, 2.45) is 0 Å². The number of carbonyl (C=O) groups excluding carboxylic acids is 1. The molecule has 0 amide bonds. The summed E-state index contributed by atoms with van der Waals surface area (Å²) in [5, 5.41) is 0.574. The standard InChI is InChI=1S/C20H22N2O4S2/c1-6-15-11(2)16-17(28-15)21-20(27-12(3)19(24)26-5)22(18(16)23)13-8-7-9-14(10-13)25-4/h7-10,12H,6H2,1-5H3/t12-/m0/s1. The van der Waals surface area contributed by atoms with Crippen LogP contribution in [0.2, 0.25) is 0 Å². The minimum absolute atomic E-state index is 0.147. The fraction of sp³-hybridized carbons (Fsp3) is 0.350. The van der Waals surface area contributed by atoms with Gasteiger partial charge < -0.3 is 9.47 Å². The first-order valence-electron chi connectivity index (χ1n) is 8.85. The van der Waals surface area contributed by atoms with E-state index in [-0.39, 0.29) is 11.5 Å². The maximum atomic E-state index is 13.5. The molecule has 3 aromatic rings. The van der Waals surface area contributed by atoms with Crippen LogP contribution in [0.5, 0.6) is 5.75 Å². The zero-order valence-electron chi connectivity index (χ0n) is 16.4. The van der Waals surface area contributed by atoms with Crippen molar-refractivity contribution in [3.8, 4) is 11.4 Å². The lowest BCUT2D eigenvalue weighted by atomic mass is 10.2. The number of hydrogen-bond donors (Lipinski definition) is 0. The number of ether oxygens (including phenoxy) is 2. The Morgan fingerprint density at radius 2 is 2.11 bits per heavy atom. The topological polar surface area (TPSA) is 70.4 Å². The first kappa shape index (κ1) is 20.4. The van der Waals surface area contributed by atoms with E-state index in [1.165, 1.54) is 30.2 Å². The fourth-order valence-corrected chi connectivity index (χ4v) is 5.09. The molecular formula is C20H22N2O4S2. The van der Waals surface area contributed by atoms with E-state index in [0.29, 0.717) is 26.8 Å². The average molecular weight is 419 g/mol. The van der Waals surface area contributed by atoms with Gasteiger partial charge >= 0.3 is 5.97 Å². The highest BCUT2D eigenvalue weighted by atomic mass is 32.2. The molecule has 0 bridgehead atoms. The molecule has 0 spiro atoms. The Morgan fingerprint density at radius 1 is 1.36 bits per heavy atom. The third-order valence-electron chi connectivity index (χ3n) is 4.48. The summed E-state index contributed by atoms with van der Waals surface area (Å²) in [4.78, 5) is 32.0. The number of rotatable bonds is 6. The third kappa shape index (κ3) is 3.66. The van der Waals surface area contributed by atoms with Crippen molar-refractivity contribution in [1.82, 2.24) is 9.55 Å². The lowest BCUT2D eigenvalue weighted by Crippen LogP contribution is -2.24. The maximum absolute atomic E-state index is 13.5. The van der Waals surface area contributed by atoms with Gasteiger partial charge in [0.25, 0.3) is 5.56 Å². The summed E-state index contributed by atoms with van der Waals surface area (Å²) in [5.41, 5.74) is 1.46. The maximum Gasteiger partial charge on any atom is 0.318 e. The second-order valence-corrected chi connectivity index (χ2v) is 8.60. The summed E-state index contributed by atoms with van der Waals surface area (Å²) in [6, 6.07) is 7.24. The highest BCUT2D eigenvalue weighted by Gasteiger charge is 2.23. The van der Waals surface area contributed by atoms with Crippen LogP contribution in [0, 0.1) is 6.92 Å². The van der Waals surface area contributed by atoms with Gasteiger partial charge in [-0.15, -0.1) is 11.3 Å². The predicted octanol–water partition coefficient (Wildman–Crippen LogP) is 3.98. The molecule has 0 aliphatic heterocycles. The molecule has 0 radical (unpaired) electrons. The van der Waals surface area contributed by atoms with Gasteiger partial charge in [0, 0.05) is 10.9 Å². The Kier molecular flexibility index (Phi) is 6.10. The number of esters is 1. The lowest BCUT2D eigenvalue weighted by molar-refractivity contribution is -0.139. The SMILES string of the molecule is CCc1sc2nc(S[C@@H](C)C(=O)OC)n(-c3cccc(OC)c3)c(=O)c2c1C. The van der Waals surface area contributed by atoms with Gasteiger partial charge in [0.2, 0.25) is 0 Å². The lowest BCUT2D eigenvalue weighted by Gasteiger charge is -2.15. The van der Waals surface area contributed by atoms with Gasteiger partial charge in [-0.2, -0.15) is 0 Å². The van der Waals surface area contributed by atoms with Crippen molar-refractivity contribution in [3.63, 3.8) is 0 Å². The fourth-order valence-electron chi connectivity index (χ4n) is 2.98. The second-order valence-electron chi connectivity index (χ2n) is 6.20. The van der Waals surface area contributed by atoms with Crippen LogP contribution in [-0.4, -0.2) is 35.0 Å². The molecule has 0 saturated heterocycles. The second kappa shape index (κ2) is 8.36. The number of thioether (sulfide) groups is 1. The van der Waals surface area contributed by atoms with E-state index in [4.69, 9.17) is 14.5 Å². The molecule has 3 rings (SSSR count). The molecule has 1 aromatic carbocycles. The molecule has 0 N–H and O–H groups in total. The highest BCUT2D eigenvalue weighted by molar-refractivity contribution is 8.00. The molecule has 0 fully saturated rings. The molecule has 2 aromatic heterocycles. The zero-order chi connectivity index (χ0) is 20.4. The first-order valence-corrected chi connectivity index (χ1v) is 10.5. The molecule has 8 heteroatoms. The van der Waals surface area contributed by atoms with Gasteiger partial charge in [-0.3, -0.25) is 14.2 Å². The average Bonchev–Trinajstić information content (AvgIpc) is 3.03. The third-order valence-corrected chi connectivity index (χ3v) is 6.84. The number of methoxy groups -OCH3 is 2. The van der Waals surface area contributed by atoms with Crippen LogP contribution in [0.1, 0.15) is 24.3 Å². The molecule has 0 aliphatic rings. The molecule has 28 heavy (non-hydrogen) atoms. The van der Waals surface area contributed by atoms with E-state index < -0.39 is 5.25 Å². The molecule has 0 aliphatic carbocycles. The van der Waals surface area contributed by atoms with Gasteiger partial charge in [-0.05, 0) is 38.0 Å². The van der Waals surface area contributed by atoms with Crippen LogP contribution in [0.3, 0.4) is 0 Å². The normalized spacial score (nSPS) is 12.2. The molecule has 0 saturated carbocycles. The monoisotopic (exact) mass is 418 g/mol. The number of benzene rings is 1. The van der Waals surface area contributed by atoms with Crippen LogP contribution in [0.15, 0.2) is 34.2 Å². The van der Waals surface area contributed by atoms with Crippen LogP contribution in [0.4, 0.5) is 0 Å². The number of carbonyl (C=O) groups is 1. The molecular weight excluding hydrogens is 396 g/mol. The van der Waals surface area contributed by atoms with E-state index in [2.05, 4.69) is 6.92 Å². The van der Waals surface area contributed by atoms with E-state index in [0.717, 1.165) is 16.9 Å². The summed E-state index contributed by atoms with van der Waals surface area (Å²) >= 11 is 2.73. The van der Waals surface area contributed by atoms with Crippen molar-refractivity contribution in [1.29, 1.82) is 0 Å². The number of thiophene rings is 1. The summed E-state index contributed by atoms with van der Waals surface area (Å²) in [7, 11) is 2.93. The van der Waals surface area contributed by atoms with Gasteiger partial charge in [-0.1, -0.05) is 24.8 Å². The molecule has 2 heterocycles. The van der Waals surface area contributed by atoms with Crippen molar-refractivity contribution >= 4 is 39.3 Å². The van der Waals surface area contributed by atoms with E-state index >= 15 is 0 Å². The van der Waals surface area contributed by atoms with E-state index in [1.807, 2.05) is 25.1 Å². The molecule has 148 valence electrons. The predicted molar refractivity (Wildman–Crippen MR) is 113 cm³/mol. The van der Waals surface area contributed by atoms with Crippen molar-refractivity contribution in [3.05, 3.63) is 45.1 Å². The molecule has 6 nitrogen and oxygen atoms in total. The van der Waals surface area contributed by atoms with Crippen molar-refractivity contribution in [2.75, 3.05) is 14.2 Å². The Balaban J connectivity index is 2.29. The Labute approximate surface area is 171 Å². The van der Waals surface area contributed by atoms with Gasteiger partial charge in [0.15, 0.2) is 5.16 Å². The van der Waals surface area contributed by atoms with Crippen LogP contribution in [-0.2, 0) is 16.0 Å². The van der Waals surface area contributed by atoms with Gasteiger partial charge in [0.1, 0.15) is 15.8 Å². The van der Waals surface area contributed by atoms with E-state index in [1.54, 1.807) is 24.7 Å². The molecule has 1 atom stereocenters. The Bertz CT molecular complexity index is 1090. The number of aromatic nitrogens is 2. The van der Waals surface area contributed by atoms with Crippen LogP contribution in [0.25, 0.3) is 15.9 Å². The van der Waals surface area contributed by atoms with Gasteiger partial charge in [0.05, 0.1) is 25.3 Å². The number of hydrogen-bond acceptors (Lipinski definition) is 7. The largest absolute Gasteiger partial charge is 0.497 e. The minimum Gasteiger partial charge on any atom is -0.497 e. The quantitative estimate of drug-likeness (QED) is 0.343. The van der Waals surface area contributed by atoms with Crippen LogP contribution < -0.4 is 10.3 Å². The Morgan fingerprint density at radius 3 is 2.75 bits per heavy atom. The Hall–Kier alpha value is -2.32. The van der Waals surface area contributed by atoms with Crippen molar-refractivity contribution in [2.45, 2.75) is 37.6 Å². The zero-order valence-corrected chi connectivity index (χ0v) is 18.1. The summed E-state index contributed by atoms with van der Waals surface area (Å²) in [6.45, 7) is 5.76. The first-order chi connectivity index (χ1) is 13.4. The van der Waals surface area contributed by atoms with Crippen molar-refractivity contribution < 1.29 is 14.3 Å². The summed E-state index contributed by atoms with van der Waals surface area (Å²) in [6.07, 6.45) is 0.840. The number of nitrogens with zero attached hydrogens (tertiary/aromatic N) is 2. The molecule has 0 unspecified atom stereocenters. The number of fused-ring (bicyclic) bond motifs is 1. The van der Waals surface area contributed by atoms with Gasteiger partial charge in [-0.25, -0.2) is 4.98 Å². The van der Waals surface area contributed by atoms with Crippen LogP contribution >= 0.6 is 23.1 Å². The van der Waals surface area contributed by atoms with E-state index in [9.17, 15) is 9.59 Å². The summed E-state index contributed by atoms with van der Waals surface area (Å²) < 4.78 is 11.7. The number of aryl methyl sites for hydroxylation is 2. The highest BCUT2D eigenvalue weighted by Crippen LogP contribution is 2.32. The minimum atomic E-state index is -0.502.